The Balaban J connectivity index is 0.000000269. The third-order valence-electron chi connectivity index (χ3n) is 4.55. The Hall–Kier alpha value is -2.63. The van der Waals surface area contributed by atoms with Gasteiger partial charge in [-0.15, -0.1) is 10.2 Å². The fourth-order valence-electron chi connectivity index (χ4n) is 2.89. The Labute approximate surface area is 196 Å². The van der Waals surface area contributed by atoms with E-state index in [4.69, 9.17) is 9.84 Å². The quantitative estimate of drug-likeness (QED) is 0.492. The smallest absolute Gasteiger partial charge is 0.339 e. The van der Waals surface area contributed by atoms with E-state index in [9.17, 15) is 14.3 Å². The number of phenols is 1. The van der Waals surface area contributed by atoms with Crippen LogP contribution in [-0.4, -0.2) is 57.2 Å². The summed E-state index contributed by atoms with van der Waals surface area (Å²) in [6.45, 7) is 3.64. The third-order valence-corrected chi connectivity index (χ3v) is 6.26. The Bertz CT molecular complexity index is 1060. The number of carbonyl (C=O) groups is 1. The summed E-state index contributed by atoms with van der Waals surface area (Å²) in [5.74, 6) is -0.901. The van der Waals surface area contributed by atoms with E-state index in [1.165, 1.54) is 29.7 Å². The van der Waals surface area contributed by atoms with Crippen LogP contribution in [0.1, 0.15) is 30.1 Å². The standard InChI is InChI=1S/C15H18N4O3S.C6H4BrFO/c1-2-22-14(21)11-7-10(8-16-9-11)13-17-18-15(23-13)19-5-3-12(20)4-6-19;7-5-2-1-4(8)3-6(5)9/h7-9,12,20H,2-6H2,1H3;1-3,9H. The second kappa shape index (κ2) is 11.3. The number of anilines is 1. The Morgan fingerprint density at radius 1 is 1.28 bits per heavy atom. The molecule has 1 saturated heterocycles. The highest BCUT2D eigenvalue weighted by molar-refractivity contribution is 9.10. The summed E-state index contributed by atoms with van der Waals surface area (Å²) in [5, 5.41) is 28.3. The van der Waals surface area contributed by atoms with Gasteiger partial charge in [0.25, 0.3) is 0 Å². The van der Waals surface area contributed by atoms with E-state index in [0.717, 1.165) is 42.7 Å². The lowest BCUT2D eigenvalue weighted by Gasteiger charge is -2.28. The number of rotatable bonds is 4. The van der Waals surface area contributed by atoms with Crippen LogP contribution in [0.4, 0.5) is 9.52 Å². The molecule has 170 valence electrons. The lowest BCUT2D eigenvalue weighted by Crippen LogP contribution is -2.35. The van der Waals surface area contributed by atoms with Crippen molar-refractivity contribution in [2.75, 3.05) is 24.6 Å². The predicted molar refractivity (Wildman–Crippen MR) is 122 cm³/mol. The highest BCUT2D eigenvalue weighted by Crippen LogP contribution is 2.30. The van der Waals surface area contributed by atoms with Gasteiger partial charge in [0, 0.05) is 37.1 Å². The average Bonchev–Trinajstić information content (AvgIpc) is 3.28. The number of halogens is 2. The van der Waals surface area contributed by atoms with Crippen molar-refractivity contribution in [3.8, 4) is 16.3 Å². The molecule has 0 aliphatic carbocycles. The average molecular weight is 525 g/mol. The number of aliphatic hydroxyl groups excluding tert-OH is 1. The molecule has 4 rings (SSSR count). The van der Waals surface area contributed by atoms with E-state index in [0.29, 0.717) is 21.7 Å². The molecule has 2 N–H and O–H groups in total. The number of ether oxygens (including phenoxy) is 1. The topological polar surface area (TPSA) is 109 Å². The number of aromatic hydroxyl groups is 1. The zero-order chi connectivity index (χ0) is 23.1. The van der Waals surface area contributed by atoms with Gasteiger partial charge in [-0.1, -0.05) is 11.3 Å². The number of carbonyl (C=O) groups excluding carboxylic acids is 1. The largest absolute Gasteiger partial charge is 0.507 e. The van der Waals surface area contributed by atoms with Crippen LogP contribution in [0.25, 0.3) is 10.6 Å². The van der Waals surface area contributed by atoms with Crippen LogP contribution < -0.4 is 4.90 Å². The van der Waals surface area contributed by atoms with Crippen LogP contribution in [0.2, 0.25) is 0 Å². The summed E-state index contributed by atoms with van der Waals surface area (Å²) < 4.78 is 17.7. The minimum Gasteiger partial charge on any atom is -0.507 e. The van der Waals surface area contributed by atoms with Gasteiger partial charge in [-0.05, 0) is 53.9 Å². The van der Waals surface area contributed by atoms with Crippen molar-refractivity contribution in [3.63, 3.8) is 0 Å². The fraction of sp³-hybridized carbons (Fsp3) is 0.333. The molecule has 0 bridgehead atoms. The molecule has 0 saturated carbocycles. The molecule has 3 heterocycles. The molecule has 1 aliphatic heterocycles. The first-order valence-electron chi connectivity index (χ1n) is 9.90. The molecule has 1 aromatic carbocycles. The fourth-order valence-corrected chi connectivity index (χ4v) is 4.01. The summed E-state index contributed by atoms with van der Waals surface area (Å²) in [6, 6.07) is 5.48. The summed E-state index contributed by atoms with van der Waals surface area (Å²) in [4.78, 5) is 18.0. The van der Waals surface area contributed by atoms with E-state index in [1.807, 2.05) is 0 Å². The number of pyridine rings is 1. The van der Waals surface area contributed by atoms with Crippen LogP contribution >= 0.6 is 27.3 Å². The molecule has 11 heteroatoms. The molecule has 0 unspecified atom stereocenters. The molecule has 2 aromatic heterocycles. The van der Waals surface area contributed by atoms with Crippen molar-refractivity contribution in [1.82, 2.24) is 15.2 Å². The number of hydrogen-bond donors (Lipinski definition) is 2. The number of piperidine rings is 1. The monoisotopic (exact) mass is 524 g/mol. The van der Waals surface area contributed by atoms with Crippen molar-refractivity contribution in [2.24, 2.45) is 0 Å². The molecule has 3 aromatic rings. The first-order valence-corrected chi connectivity index (χ1v) is 11.5. The zero-order valence-corrected chi connectivity index (χ0v) is 19.6. The lowest BCUT2D eigenvalue weighted by atomic mass is 10.1. The maximum absolute atomic E-state index is 12.2. The molecule has 32 heavy (non-hydrogen) atoms. The van der Waals surface area contributed by atoms with Crippen molar-refractivity contribution in [1.29, 1.82) is 0 Å². The zero-order valence-electron chi connectivity index (χ0n) is 17.2. The number of aliphatic hydroxyl groups is 1. The van der Waals surface area contributed by atoms with Gasteiger partial charge in [-0.3, -0.25) is 4.98 Å². The number of aromatic nitrogens is 3. The maximum atomic E-state index is 12.2. The minimum atomic E-state index is -0.435. The summed E-state index contributed by atoms with van der Waals surface area (Å²) >= 11 is 4.47. The van der Waals surface area contributed by atoms with Crippen LogP contribution in [0.5, 0.6) is 5.75 Å². The van der Waals surface area contributed by atoms with E-state index in [2.05, 4.69) is 36.0 Å². The normalized spacial score (nSPS) is 13.9. The Morgan fingerprint density at radius 2 is 2.03 bits per heavy atom. The highest BCUT2D eigenvalue weighted by Gasteiger charge is 2.21. The second-order valence-corrected chi connectivity index (χ2v) is 8.70. The van der Waals surface area contributed by atoms with Gasteiger partial charge in [-0.2, -0.15) is 0 Å². The van der Waals surface area contributed by atoms with Crippen molar-refractivity contribution in [2.45, 2.75) is 25.9 Å². The Kier molecular flexibility index (Phi) is 8.48. The third kappa shape index (κ3) is 6.44. The van der Waals surface area contributed by atoms with Gasteiger partial charge >= 0.3 is 5.97 Å². The summed E-state index contributed by atoms with van der Waals surface area (Å²) in [7, 11) is 0. The molecule has 0 amide bonds. The van der Waals surface area contributed by atoms with Crippen LogP contribution in [0, 0.1) is 5.82 Å². The van der Waals surface area contributed by atoms with Crippen LogP contribution in [0.3, 0.4) is 0 Å². The minimum absolute atomic E-state index is 0.0741. The molecular weight excluding hydrogens is 503 g/mol. The number of phenolic OH excluding ortho intramolecular Hbond substituents is 1. The van der Waals surface area contributed by atoms with E-state index in [1.54, 1.807) is 19.2 Å². The number of nitrogens with zero attached hydrogens (tertiary/aromatic N) is 4. The molecule has 0 radical (unpaired) electrons. The summed E-state index contributed by atoms with van der Waals surface area (Å²) in [6.07, 6.45) is 4.41. The second-order valence-electron chi connectivity index (χ2n) is 6.89. The summed E-state index contributed by atoms with van der Waals surface area (Å²) in [5.41, 5.74) is 1.15. The van der Waals surface area contributed by atoms with Crippen LogP contribution in [-0.2, 0) is 4.74 Å². The SMILES string of the molecule is CCOC(=O)c1cncc(-c2nnc(N3CCC(O)CC3)s2)c1.Oc1cc(F)ccc1Br. The number of hydrogen-bond acceptors (Lipinski definition) is 9. The molecule has 1 aliphatic rings. The molecule has 0 spiro atoms. The van der Waals surface area contributed by atoms with Gasteiger partial charge in [0.05, 0.1) is 22.7 Å². The number of esters is 1. The molecule has 8 nitrogen and oxygen atoms in total. The van der Waals surface area contributed by atoms with E-state index < -0.39 is 11.8 Å². The van der Waals surface area contributed by atoms with Crippen molar-refractivity contribution in [3.05, 3.63) is 52.5 Å². The first kappa shape index (κ1) is 24.0. The van der Waals surface area contributed by atoms with Gasteiger partial charge in [0.1, 0.15) is 11.6 Å². The lowest BCUT2D eigenvalue weighted by molar-refractivity contribution is 0.0526. The number of benzene rings is 1. The van der Waals surface area contributed by atoms with Gasteiger partial charge in [0.2, 0.25) is 5.13 Å². The van der Waals surface area contributed by atoms with E-state index >= 15 is 0 Å². The first-order chi connectivity index (χ1) is 15.4. The highest BCUT2D eigenvalue weighted by atomic mass is 79.9. The predicted octanol–water partition coefficient (Wildman–Crippen LogP) is 4.03. The van der Waals surface area contributed by atoms with Crippen molar-refractivity contribution < 1.29 is 24.1 Å². The molecule has 1 fully saturated rings. The molecule has 0 atom stereocenters. The van der Waals surface area contributed by atoms with Crippen molar-refractivity contribution >= 4 is 38.4 Å². The van der Waals surface area contributed by atoms with Gasteiger partial charge < -0.3 is 19.8 Å². The van der Waals surface area contributed by atoms with Crippen LogP contribution in [0.15, 0.2) is 41.1 Å². The van der Waals surface area contributed by atoms with Gasteiger partial charge in [-0.25, -0.2) is 9.18 Å². The molecular formula is C21H22BrFN4O4S. The van der Waals surface area contributed by atoms with E-state index in [-0.39, 0.29) is 11.9 Å². The van der Waals surface area contributed by atoms with Gasteiger partial charge in [0.15, 0.2) is 5.01 Å². The maximum Gasteiger partial charge on any atom is 0.339 e. The Morgan fingerprint density at radius 3 is 2.69 bits per heavy atom.